The van der Waals surface area contributed by atoms with Crippen molar-refractivity contribution in [2.45, 2.75) is 31.2 Å². The van der Waals surface area contributed by atoms with Gasteiger partial charge in [-0.2, -0.15) is 4.31 Å². The van der Waals surface area contributed by atoms with Crippen LogP contribution in [0.1, 0.15) is 25.5 Å². The summed E-state index contributed by atoms with van der Waals surface area (Å²) in [5.41, 5.74) is 5.45. The Balaban J connectivity index is 2.29. The summed E-state index contributed by atoms with van der Waals surface area (Å²) in [6, 6.07) is 1.50. The summed E-state index contributed by atoms with van der Waals surface area (Å²) in [6.07, 6.45) is 2.24. The van der Waals surface area contributed by atoms with Crippen molar-refractivity contribution in [3.8, 4) is 0 Å². The maximum atomic E-state index is 12.5. The second-order valence-corrected chi connectivity index (χ2v) is 7.08. The molecule has 2 rings (SSSR count). The average molecular weight is 337 g/mol. The number of hydrogen-bond donors (Lipinski definition) is 1. The van der Waals surface area contributed by atoms with Crippen molar-refractivity contribution in [2.24, 2.45) is 11.7 Å². The molecule has 0 bridgehead atoms. The fraction of sp³-hybridized carbons (Fsp3) is 0.636. The molecule has 0 radical (unpaired) electrons. The molecule has 0 aromatic carbocycles. The largest absolute Gasteiger partial charge is 0.452 e. The first-order chi connectivity index (χ1) is 8.48. The number of rotatable bonds is 6. The molecule has 5 nitrogen and oxygen atoms in total. The highest BCUT2D eigenvalue weighted by Crippen LogP contribution is 2.33. The van der Waals surface area contributed by atoms with Gasteiger partial charge in [-0.3, -0.25) is 0 Å². The molecule has 0 aliphatic heterocycles. The standard InChI is InChI=1S/C11H17BrN2O3S/c1-2-14(7-8-3-4-8)18(15,16)10-5-9(6-13)17-11(10)12/h5,8H,2-4,6-7,13H2,1H3. The predicted molar refractivity (Wildman–Crippen MR) is 71.5 cm³/mol. The third-order valence-electron chi connectivity index (χ3n) is 3.04. The van der Waals surface area contributed by atoms with Crippen molar-refractivity contribution in [3.63, 3.8) is 0 Å². The summed E-state index contributed by atoms with van der Waals surface area (Å²) in [5, 5.41) is 0. The minimum Gasteiger partial charge on any atom is -0.452 e. The highest BCUT2D eigenvalue weighted by molar-refractivity contribution is 9.10. The van der Waals surface area contributed by atoms with Crippen molar-refractivity contribution in [3.05, 3.63) is 16.5 Å². The second kappa shape index (κ2) is 5.32. The molecule has 1 aliphatic rings. The highest BCUT2D eigenvalue weighted by Gasteiger charge is 2.33. The van der Waals surface area contributed by atoms with Gasteiger partial charge in [0.05, 0.1) is 6.54 Å². The van der Waals surface area contributed by atoms with E-state index in [9.17, 15) is 8.42 Å². The Morgan fingerprint density at radius 2 is 2.22 bits per heavy atom. The van der Waals surface area contributed by atoms with Crippen LogP contribution < -0.4 is 5.73 Å². The van der Waals surface area contributed by atoms with Gasteiger partial charge in [0.1, 0.15) is 10.7 Å². The van der Waals surface area contributed by atoms with Gasteiger partial charge in [-0.05, 0) is 34.7 Å². The fourth-order valence-corrected chi connectivity index (χ4v) is 4.29. The lowest BCUT2D eigenvalue weighted by Crippen LogP contribution is -2.32. The van der Waals surface area contributed by atoms with Gasteiger partial charge in [0.2, 0.25) is 10.0 Å². The van der Waals surface area contributed by atoms with E-state index in [4.69, 9.17) is 10.2 Å². The minimum absolute atomic E-state index is 0.172. The SMILES string of the molecule is CCN(CC1CC1)S(=O)(=O)c1cc(CN)oc1Br. The molecule has 2 N–H and O–H groups in total. The number of furan rings is 1. The zero-order valence-corrected chi connectivity index (χ0v) is 12.6. The Kier molecular flexibility index (Phi) is 4.15. The van der Waals surface area contributed by atoms with E-state index in [1.54, 1.807) is 0 Å². The van der Waals surface area contributed by atoms with Crippen molar-refractivity contribution in [2.75, 3.05) is 13.1 Å². The molecule has 0 atom stereocenters. The van der Waals surface area contributed by atoms with E-state index < -0.39 is 10.0 Å². The number of halogens is 1. The maximum absolute atomic E-state index is 12.5. The Morgan fingerprint density at radius 3 is 2.67 bits per heavy atom. The molecule has 0 spiro atoms. The molecule has 1 aliphatic carbocycles. The van der Waals surface area contributed by atoms with Gasteiger partial charge in [0, 0.05) is 19.2 Å². The minimum atomic E-state index is -3.49. The van der Waals surface area contributed by atoms with E-state index in [0.29, 0.717) is 24.8 Å². The van der Waals surface area contributed by atoms with Crippen molar-refractivity contribution >= 4 is 26.0 Å². The molecular formula is C11H17BrN2O3S. The summed E-state index contributed by atoms with van der Waals surface area (Å²) in [6.45, 7) is 3.09. The quantitative estimate of drug-likeness (QED) is 0.860. The average Bonchev–Trinajstić information content (AvgIpc) is 3.07. The lowest BCUT2D eigenvalue weighted by atomic mass is 10.4. The normalized spacial score (nSPS) is 16.4. The van der Waals surface area contributed by atoms with E-state index in [1.807, 2.05) is 6.92 Å². The number of hydrogen-bond acceptors (Lipinski definition) is 4. The van der Waals surface area contributed by atoms with Crippen LogP contribution in [0.5, 0.6) is 0 Å². The van der Waals surface area contributed by atoms with Crippen molar-refractivity contribution in [1.29, 1.82) is 0 Å². The van der Waals surface area contributed by atoms with Crippen LogP contribution in [0, 0.1) is 5.92 Å². The molecule has 0 saturated heterocycles. The zero-order valence-electron chi connectivity index (χ0n) is 10.2. The third-order valence-corrected chi connectivity index (χ3v) is 5.83. The fourth-order valence-electron chi connectivity index (χ4n) is 1.80. The lowest BCUT2D eigenvalue weighted by Gasteiger charge is -2.19. The van der Waals surface area contributed by atoms with Gasteiger partial charge >= 0.3 is 0 Å². The van der Waals surface area contributed by atoms with E-state index in [2.05, 4.69) is 15.9 Å². The highest BCUT2D eigenvalue weighted by atomic mass is 79.9. The first-order valence-corrected chi connectivity index (χ1v) is 8.20. The summed E-state index contributed by atoms with van der Waals surface area (Å²) in [7, 11) is -3.49. The van der Waals surface area contributed by atoms with Crippen LogP contribution in [-0.4, -0.2) is 25.8 Å². The lowest BCUT2D eigenvalue weighted by molar-refractivity contribution is 0.409. The molecule has 1 saturated carbocycles. The van der Waals surface area contributed by atoms with Gasteiger partial charge in [-0.15, -0.1) is 0 Å². The molecule has 0 amide bonds. The maximum Gasteiger partial charge on any atom is 0.247 e. The molecular weight excluding hydrogens is 320 g/mol. The summed E-state index contributed by atoms with van der Waals surface area (Å²) < 4.78 is 31.9. The van der Waals surface area contributed by atoms with Gasteiger partial charge in [0.15, 0.2) is 4.67 Å². The van der Waals surface area contributed by atoms with Crippen LogP contribution in [0.2, 0.25) is 0 Å². The van der Waals surface area contributed by atoms with Crippen LogP contribution >= 0.6 is 15.9 Å². The Morgan fingerprint density at radius 1 is 1.56 bits per heavy atom. The second-order valence-electron chi connectivity index (χ2n) is 4.45. The molecule has 0 unspecified atom stereocenters. The van der Waals surface area contributed by atoms with E-state index in [-0.39, 0.29) is 16.1 Å². The van der Waals surface area contributed by atoms with Crippen LogP contribution in [0.25, 0.3) is 0 Å². The van der Waals surface area contributed by atoms with Crippen LogP contribution in [0.3, 0.4) is 0 Å². The van der Waals surface area contributed by atoms with E-state index in [0.717, 1.165) is 12.8 Å². The third kappa shape index (κ3) is 2.79. The smallest absolute Gasteiger partial charge is 0.247 e. The monoisotopic (exact) mass is 336 g/mol. The number of nitrogens with two attached hydrogens (primary N) is 1. The molecule has 1 fully saturated rings. The molecule has 7 heteroatoms. The number of nitrogens with zero attached hydrogens (tertiary/aromatic N) is 1. The van der Waals surface area contributed by atoms with Gasteiger partial charge in [-0.25, -0.2) is 8.42 Å². The first-order valence-electron chi connectivity index (χ1n) is 5.97. The van der Waals surface area contributed by atoms with Gasteiger partial charge < -0.3 is 10.2 Å². The van der Waals surface area contributed by atoms with Gasteiger partial charge in [0.25, 0.3) is 0 Å². The predicted octanol–water partition coefficient (Wildman–Crippen LogP) is 1.92. The Labute approximate surface area is 116 Å². The first kappa shape index (κ1) is 14.0. The van der Waals surface area contributed by atoms with Crippen LogP contribution in [0.4, 0.5) is 0 Å². The van der Waals surface area contributed by atoms with E-state index >= 15 is 0 Å². The zero-order chi connectivity index (χ0) is 13.3. The summed E-state index contributed by atoms with van der Waals surface area (Å²) in [5.74, 6) is 0.974. The Bertz CT molecular complexity index is 522. The molecule has 18 heavy (non-hydrogen) atoms. The molecule has 1 aromatic rings. The summed E-state index contributed by atoms with van der Waals surface area (Å²) in [4.78, 5) is 0.172. The van der Waals surface area contributed by atoms with Crippen molar-refractivity contribution < 1.29 is 12.8 Å². The topological polar surface area (TPSA) is 76.5 Å². The Hall–Kier alpha value is -0.370. The number of sulfonamides is 1. The summed E-state index contributed by atoms with van der Waals surface area (Å²) >= 11 is 3.15. The van der Waals surface area contributed by atoms with Crippen molar-refractivity contribution in [1.82, 2.24) is 4.31 Å². The van der Waals surface area contributed by atoms with Crippen LogP contribution in [-0.2, 0) is 16.6 Å². The van der Waals surface area contributed by atoms with Crippen LogP contribution in [0.15, 0.2) is 20.0 Å². The van der Waals surface area contributed by atoms with E-state index in [1.165, 1.54) is 10.4 Å². The van der Waals surface area contributed by atoms with Gasteiger partial charge in [-0.1, -0.05) is 6.92 Å². The molecule has 1 aromatic heterocycles. The molecule has 1 heterocycles. The molecule has 102 valence electrons.